The van der Waals surface area contributed by atoms with Crippen molar-refractivity contribution in [3.8, 4) is 0 Å². The second-order valence-electron chi connectivity index (χ2n) is 2.70. The number of ether oxygens (including phenoxy) is 2. The van der Waals surface area contributed by atoms with E-state index in [0.717, 1.165) is 0 Å². The van der Waals surface area contributed by atoms with Crippen LogP contribution in [0.25, 0.3) is 0 Å². The largest absolute Gasteiger partial charge is 0.393 e. The number of aliphatic hydroxyl groups excluding tert-OH is 2. The average molecular weight is 145 g/mol. The average Bonchev–Trinajstić information content (AvgIpc) is 2.46. The Labute approximate surface area is 58.4 Å². The van der Waals surface area contributed by atoms with Crippen LogP contribution in [0.15, 0.2) is 0 Å². The van der Waals surface area contributed by atoms with E-state index < -0.39 is 11.7 Å². The zero-order valence-corrected chi connectivity index (χ0v) is 5.36. The molecule has 2 aliphatic rings. The number of fused-ring (bicyclic) bond motifs is 2. The van der Waals surface area contributed by atoms with Gasteiger partial charge in [0.2, 0.25) is 0 Å². The van der Waals surface area contributed by atoms with Crippen LogP contribution in [0.2, 0.25) is 0 Å². The van der Waals surface area contributed by atoms with E-state index in [9.17, 15) is 5.11 Å². The summed E-state index contributed by atoms with van der Waals surface area (Å²) in [6.45, 7) is 1.53. The standard InChI is InChI=1S/C6H9O4/c7-2-6-3-9-4(1-10-6)5(6)8/h1,4-5,7-8H,2-3H2/t4-,5-,6-/m1/s1. The van der Waals surface area contributed by atoms with Gasteiger partial charge in [0, 0.05) is 0 Å². The van der Waals surface area contributed by atoms with Gasteiger partial charge < -0.3 is 19.7 Å². The topological polar surface area (TPSA) is 58.9 Å². The van der Waals surface area contributed by atoms with E-state index in [-0.39, 0.29) is 19.3 Å². The van der Waals surface area contributed by atoms with Crippen LogP contribution in [-0.4, -0.2) is 41.2 Å². The first-order chi connectivity index (χ1) is 4.78. The van der Waals surface area contributed by atoms with Crippen LogP contribution in [0.5, 0.6) is 0 Å². The molecule has 4 heteroatoms. The van der Waals surface area contributed by atoms with Crippen LogP contribution in [0.3, 0.4) is 0 Å². The smallest absolute Gasteiger partial charge is 0.143 e. The summed E-state index contributed by atoms with van der Waals surface area (Å²) in [7, 11) is 0. The molecule has 0 aliphatic carbocycles. The van der Waals surface area contributed by atoms with Crippen molar-refractivity contribution in [1.82, 2.24) is 0 Å². The maximum absolute atomic E-state index is 9.34. The van der Waals surface area contributed by atoms with Crippen LogP contribution in [0.1, 0.15) is 0 Å². The number of rotatable bonds is 1. The van der Waals surface area contributed by atoms with Gasteiger partial charge in [-0.3, -0.25) is 0 Å². The Balaban J connectivity index is 2.22. The highest BCUT2D eigenvalue weighted by Crippen LogP contribution is 2.37. The van der Waals surface area contributed by atoms with Gasteiger partial charge in [-0.05, 0) is 0 Å². The molecule has 0 aromatic carbocycles. The van der Waals surface area contributed by atoms with Crippen molar-refractivity contribution >= 4 is 0 Å². The van der Waals surface area contributed by atoms with Crippen molar-refractivity contribution in [2.75, 3.05) is 13.2 Å². The van der Waals surface area contributed by atoms with Gasteiger partial charge in [-0.15, -0.1) is 0 Å². The predicted molar refractivity (Wildman–Crippen MR) is 30.9 cm³/mol. The molecule has 2 heterocycles. The SMILES string of the molecule is OC[C@]12CO[C@H]([CH]O1)[C@H]2O. The molecule has 2 saturated heterocycles. The van der Waals surface area contributed by atoms with Crippen molar-refractivity contribution in [2.45, 2.75) is 17.8 Å². The summed E-state index contributed by atoms with van der Waals surface area (Å²) in [5.41, 5.74) is -0.856. The first kappa shape index (κ1) is 6.54. The van der Waals surface area contributed by atoms with Gasteiger partial charge in [0.05, 0.1) is 13.2 Å². The minimum absolute atomic E-state index is 0.193. The highest BCUT2D eigenvalue weighted by atomic mass is 16.6. The summed E-state index contributed by atoms with van der Waals surface area (Å²) < 4.78 is 10.1. The van der Waals surface area contributed by atoms with E-state index in [1.165, 1.54) is 6.61 Å². The normalized spacial score (nSPS) is 52.2. The van der Waals surface area contributed by atoms with E-state index >= 15 is 0 Å². The second kappa shape index (κ2) is 1.92. The molecule has 2 rings (SSSR count). The van der Waals surface area contributed by atoms with Crippen molar-refractivity contribution in [3.63, 3.8) is 0 Å². The molecule has 1 radical (unpaired) electrons. The Hall–Kier alpha value is -0.160. The number of hydrogen-bond donors (Lipinski definition) is 2. The van der Waals surface area contributed by atoms with Crippen LogP contribution in [0.4, 0.5) is 0 Å². The first-order valence-corrected chi connectivity index (χ1v) is 3.20. The van der Waals surface area contributed by atoms with E-state index in [1.807, 2.05) is 0 Å². The molecule has 2 fully saturated rings. The molecule has 4 nitrogen and oxygen atoms in total. The molecule has 57 valence electrons. The first-order valence-electron chi connectivity index (χ1n) is 3.20. The monoisotopic (exact) mass is 145 g/mol. The molecule has 2 bridgehead atoms. The molecule has 0 aromatic rings. The highest BCUT2D eigenvalue weighted by Gasteiger charge is 2.56. The number of hydrogen-bond acceptors (Lipinski definition) is 4. The summed E-state index contributed by atoms with van der Waals surface area (Å²) in [4.78, 5) is 0. The highest BCUT2D eigenvalue weighted by molar-refractivity contribution is 5.07. The van der Waals surface area contributed by atoms with Crippen molar-refractivity contribution in [3.05, 3.63) is 6.61 Å². The zero-order chi connectivity index (χ0) is 7.19. The molecule has 0 unspecified atom stereocenters. The lowest BCUT2D eigenvalue weighted by molar-refractivity contribution is -0.0959. The van der Waals surface area contributed by atoms with Crippen molar-refractivity contribution in [1.29, 1.82) is 0 Å². The Kier molecular flexibility index (Phi) is 1.25. The third-order valence-electron chi connectivity index (χ3n) is 2.07. The van der Waals surface area contributed by atoms with Crippen LogP contribution in [0, 0.1) is 6.61 Å². The van der Waals surface area contributed by atoms with E-state index in [2.05, 4.69) is 0 Å². The molecule has 10 heavy (non-hydrogen) atoms. The Morgan fingerprint density at radius 1 is 1.70 bits per heavy atom. The van der Waals surface area contributed by atoms with Gasteiger partial charge in [0.1, 0.15) is 24.4 Å². The lowest BCUT2D eigenvalue weighted by atomic mass is 10.0. The minimum atomic E-state index is -0.856. The van der Waals surface area contributed by atoms with Gasteiger partial charge in [0.25, 0.3) is 0 Å². The summed E-state index contributed by atoms with van der Waals surface area (Å²) in [5, 5.41) is 18.2. The summed E-state index contributed by atoms with van der Waals surface area (Å²) >= 11 is 0. The fraction of sp³-hybridized carbons (Fsp3) is 0.833. The van der Waals surface area contributed by atoms with E-state index in [0.29, 0.717) is 0 Å². The van der Waals surface area contributed by atoms with E-state index in [4.69, 9.17) is 14.6 Å². The zero-order valence-electron chi connectivity index (χ0n) is 5.36. The van der Waals surface area contributed by atoms with Crippen molar-refractivity contribution in [2.24, 2.45) is 0 Å². The molecule has 0 aromatic heterocycles. The summed E-state index contributed by atoms with van der Waals surface area (Å²) in [5.74, 6) is 0. The van der Waals surface area contributed by atoms with Gasteiger partial charge in [0.15, 0.2) is 0 Å². The fourth-order valence-electron chi connectivity index (χ4n) is 1.31. The summed E-state index contributed by atoms with van der Waals surface area (Å²) in [6, 6.07) is 0. The molecule has 2 N–H and O–H groups in total. The fourth-order valence-corrected chi connectivity index (χ4v) is 1.31. The van der Waals surface area contributed by atoms with Crippen molar-refractivity contribution < 1.29 is 19.7 Å². The van der Waals surface area contributed by atoms with Gasteiger partial charge in [-0.2, -0.15) is 0 Å². The van der Waals surface area contributed by atoms with Gasteiger partial charge >= 0.3 is 0 Å². The molecule has 2 aliphatic heterocycles. The third kappa shape index (κ3) is 0.594. The van der Waals surface area contributed by atoms with E-state index in [1.54, 1.807) is 0 Å². The third-order valence-corrected chi connectivity index (χ3v) is 2.07. The second-order valence-corrected chi connectivity index (χ2v) is 2.70. The Bertz CT molecular complexity index is 139. The van der Waals surface area contributed by atoms with Crippen LogP contribution >= 0.6 is 0 Å². The maximum Gasteiger partial charge on any atom is 0.143 e. The Morgan fingerprint density at radius 2 is 2.50 bits per heavy atom. The molecule has 0 saturated carbocycles. The van der Waals surface area contributed by atoms with Crippen LogP contribution < -0.4 is 0 Å². The van der Waals surface area contributed by atoms with Gasteiger partial charge in [-0.1, -0.05) is 0 Å². The Morgan fingerprint density at radius 3 is 2.70 bits per heavy atom. The lowest BCUT2D eigenvalue weighted by Gasteiger charge is -2.23. The molecular formula is C6H9O4. The summed E-state index contributed by atoms with van der Waals surface area (Å²) in [6.07, 6.45) is -1.04. The van der Waals surface area contributed by atoms with Gasteiger partial charge in [-0.25, -0.2) is 0 Å². The maximum atomic E-state index is 9.34. The minimum Gasteiger partial charge on any atom is -0.393 e. The lowest BCUT2D eigenvalue weighted by Crippen LogP contribution is -2.43. The molecular weight excluding hydrogens is 136 g/mol. The predicted octanol–water partition coefficient (Wildman–Crippen LogP) is -1.33. The van der Waals surface area contributed by atoms with Crippen LogP contribution in [-0.2, 0) is 9.47 Å². The quantitative estimate of drug-likeness (QED) is 0.480. The molecule has 3 atom stereocenters. The molecule has 0 amide bonds. The number of aliphatic hydroxyl groups is 2. The molecule has 0 spiro atoms.